The molecule has 1 amide bonds. The lowest BCUT2D eigenvalue weighted by atomic mass is 9.59. The van der Waals surface area contributed by atoms with E-state index < -0.39 is 52.0 Å². The zero-order chi connectivity index (χ0) is 26.5. The normalized spacial score (nSPS) is 24.9. The molecule has 0 bridgehead atoms. The molecule has 1 saturated carbocycles. The Kier molecular flexibility index (Phi) is 6.13. The number of rotatable bonds is 1. The summed E-state index contributed by atoms with van der Waals surface area (Å²) in [5.41, 5.74) is 4.41. The number of hydrogen-bond donors (Lipinski definition) is 6. The van der Waals surface area contributed by atoms with Gasteiger partial charge in [-0.15, -0.1) is 0 Å². The Bertz CT molecular complexity index is 1350. The Labute approximate surface area is 206 Å². The minimum atomic E-state index is -2.52. The fourth-order valence-electron chi connectivity index (χ4n) is 5.40. The summed E-state index contributed by atoms with van der Waals surface area (Å²) in [5, 5.41) is 51.3. The molecule has 1 fully saturated rings. The zero-order valence-corrected chi connectivity index (χ0v) is 19.8. The maximum absolute atomic E-state index is 13.2. The first-order valence-corrected chi connectivity index (χ1v) is 11.4. The van der Waals surface area contributed by atoms with Gasteiger partial charge in [-0.05, 0) is 67.5 Å². The van der Waals surface area contributed by atoms with E-state index in [1.807, 2.05) is 26.0 Å². The summed E-state index contributed by atoms with van der Waals surface area (Å²) in [5.74, 6) is -5.79. The van der Waals surface area contributed by atoms with Crippen molar-refractivity contribution in [2.45, 2.75) is 38.7 Å². The summed E-state index contributed by atoms with van der Waals surface area (Å²) in [6, 6.07) is 10.3. The minimum absolute atomic E-state index is 0.118. The van der Waals surface area contributed by atoms with Crippen molar-refractivity contribution in [3.05, 3.63) is 75.6 Å². The maximum Gasteiger partial charge on any atom is 0.255 e. The fourth-order valence-corrected chi connectivity index (χ4v) is 5.40. The third-order valence-corrected chi connectivity index (χ3v) is 7.18. The molecule has 2 aromatic rings. The Morgan fingerprint density at radius 2 is 1.72 bits per heavy atom. The molecule has 36 heavy (non-hydrogen) atoms. The van der Waals surface area contributed by atoms with Gasteiger partial charge in [0, 0.05) is 17.9 Å². The maximum atomic E-state index is 13.2. The van der Waals surface area contributed by atoms with Crippen molar-refractivity contribution < 1.29 is 39.9 Å². The third kappa shape index (κ3) is 3.81. The first kappa shape index (κ1) is 25.0. The number of aliphatic hydroxyl groups is 3. The molecule has 0 radical (unpaired) electrons. The Morgan fingerprint density at radius 3 is 2.31 bits per heavy atom. The average Bonchev–Trinajstić information content (AvgIpc) is 2.79. The summed E-state index contributed by atoms with van der Waals surface area (Å²) in [7, 11) is 0. The molecule has 2 aromatic carbocycles. The molecule has 0 spiro atoms. The Balaban J connectivity index is 0.000000325. The fraction of sp³-hybridized carbons (Fsp3) is 0.296. The molecule has 188 valence electrons. The lowest BCUT2D eigenvalue weighted by Crippen LogP contribution is -2.58. The Hall–Kier alpha value is -4.11. The molecule has 5 rings (SSSR count). The van der Waals surface area contributed by atoms with Gasteiger partial charge in [-0.2, -0.15) is 0 Å². The molecule has 0 aromatic heterocycles. The number of primary amides is 1. The van der Waals surface area contributed by atoms with Crippen LogP contribution in [-0.4, -0.2) is 48.6 Å². The van der Waals surface area contributed by atoms with Crippen LogP contribution in [0.2, 0.25) is 0 Å². The number of carbonyl (C=O) groups excluding carboxylic acids is 3. The Morgan fingerprint density at radius 1 is 1.03 bits per heavy atom. The first-order valence-electron chi connectivity index (χ1n) is 11.4. The summed E-state index contributed by atoms with van der Waals surface area (Å²) < 4.78 is 0. The van der Waals surface area contributed by atoms with Crippen LogP contribution < -0.4 is 5.73 Å². The second-order valence-electron chi connectivity index (χ2n) is 9.50. The van der Waals surface area contributed by atoms with Crippen molar-refractivity contribution in [3.63, 3.8) is 0 Å². The van der Waals surface area contributed by atoms with Crippen molar-refractivity contribution >= 4 is 23.2 Å². The number of phenolic OH excluding ortho intramolecular Hbond substituents is 2. The number of nitrogens with two attached hydrogens (primary N) is 1. The topological polar surface area (TPSA) is 178 Å². The molecule has 3 aliphatic rings. The smallest absolute Gasteiger partial charge is 0.255 e. The lowest BCUT2D eigenvalue weighted by molar-refractivity contribution is -0.147. The number of amides is 1. The largest absolute Gasteiger partial charge is 0.508 e. The predicted molar refractivity (Wildman–Crippen MR) is 129 cm³/mol. The molecule has 0 heterocycles. The molecule has 3 atom stereocenters. The van der Waals surface area contributed by atoms with Crippen molar-refractivity contribution in [2.75, 3.05) is 0 Å². The number of aliphatic hydroxyl groups excluding tert-OH is 2. The molecule has 3 aliphatic carbocycles. The SMILES string of the molecule is Cc1ccc(O)c2c1C[C@H]1C[C@H]3CC(=O)C(C(N)=O)=C(O)[C@@]3(O)C(=O)C1=C2O.Cc1cccc(O)c1. The summed E-state index contributed by atoms with van der Waals surface area (Å²) in [6.07, 6.45) is 0.146. The van der Waals surface area contributed by atoms with Gasteiger partial charge < -0.3 is 31.3 Å². The highest BCUT2D eigenvalue weighted by atomic mass is 16.3. The number of aromatic hydroxyl groups is 2. The van der Waals surface area contributed by atoms with Gasteiger partial charge >= 0.3 is 0 Å². The summed E-state index contributed by atoms with van der Waals surface area (Å²) in [4.78, 5) is 37.0. The first-order chi connectivity index (χ1) is 16.9. The van der Waals surface area contributed by atoms with Gasteiger partial charge in [-0.25, -0.2) is 0 Å². The number of aryl methyl sites for hydroxylation is 2. The van der Waals surface area contributed by atoms with Crippen LogP contribution in [0.5, 0.6) is 11.5 Å². The number of fused-ring (bicyclic) bond motifs is 3. The van der Waals surface area contributed by atoms with Crippen molar-refractivity contribution in [3.8, 4) is 11.5 Å². The number of ketones is 2. The van der Waals surface area contributed by atoms with E-state index in [1.165, 1.54) is 6.07 Å². The van der Waals surface area contributed by atoms with Crippen molar-refractivity contribution in [1.29, 1.82) is 0 Å². The summed E-state index contributed by atoms with van der Waals surface area (Å²) in [6.45, 7) is 3.76. The molecule has 0 saturated heterocycles. The van der Waals surface area contributed by atoms with Crippen LogP contribution >= 0.6 is 0 Å². The van der Waals surface area contributed by atoms with E-state index in [0.29, 0.717) is 17.7 Å². The monoisotopic (exact) mass is 493 g/mol. The van der Waals surface area contributed by atoms with Crippen LogP contribution in [0.25, 0.3) is 5.76 Å². The summed E-state index contributed by atoms with van der Waals surface area (Å²) >= 11 is 0. The van der Waals surface area contributed by atoms with Crippen LogP contribution in [0.1, 0.15) is 35.1 Å². The van der Waals surface area contributed by atoms with Gasteiger partial charge in [-0.1, -0.05) is 18.2 Å². The van der Waals surface area contributed by atoms with Crippen LogP contribution in [0, 0.1) is 25.7 Å². The number of benzene rings is 2. The van der Waals surface area contributed by atoms with E-state index in [2.05, 4.69) is 0 Å². The number of carbonyl (C=O) groups is 3. The second-order valence-corrected chi connectivity index (χ2v) is 9.50. The third-order valence-electron chi connectivity index (χ3n) is 7.18. The van der Waals surface area contributed by atoms with Crippen LogP contribution in [0.15, 0.2) is 53.3 Å². The number of phenols is 2. The molecule has 0 unspecified atom stereocenters. The highest BCUT2D eigenvalue weighted by Gasteiger charge is 2.60. The number of hydrogen-bond acceptors (Lipinski definition) is 8. The van der Waals surface area contributed by atoms with Crippen molar-refractivity contribution in [2.24, 2.45) is 17.6 Å². The van der Waals surface area contributed by atoms with Crippen LogP contribution in [0.4, 0.5) is 0 Å². The molecular weight excluding hydrogens is 466 g/mol. The van der Waals surface area contributed by atoms with Gasteiger partial charge in [0.1, 0.15) is 28.6 Å². The van der Waals surface area contributed by atoms with E-state index in [4.69, 9.17) is 10.8 Å². The van der Waals surface area contributed by atoms with E-state index in [1.54, 1.807) is 18.2 Å². The molecule has 0 aliphatic heterocycles. The minimum Gasteiger partial charge on any atom is -0.508 e. The zero-order valence-electron chi connectivity index (χ0n) is 19.8. The molecule has 9 heteroatoms. The van der Waals surface area contributed by atoms with E-state index >= 15 is 0 Å². The highest BCUT2D eigenvalue weighted by Crippen LogP contribution is 2.52. The number of Topliss-reactive ketones (excluding diaryl/α,β-unsaturated/α-hetero) is 2. The van der Waals surface area contributed by atoms with Crippen molar-refractivity contribution in [1.82, 2.24) is 0 Å². The quantitative estimate of drug-likeness (QED) is 0.328. The van der Waals surface area contributed by atoms with E-state index in [9.17, 15) is 34.8 Å². The average molecular weight is 494 g/mol. The van der Waals surface area contributed by atoms with Gasteiger partial charge in [-0.3, -0.25) is 14.4 Å². The van der Waals surface area contributed by atoms with Gasteiger partial charge in [0.05, 0.1) is 5.56 Å². The van der Waals surface area contributed by atoms with Crippen LogP contribution in [-0.2, 0) is 20.8 Å². The lowest BCUT2D eigenvalue weighted by Gasteiger charge is -2.46. The van der Waals surface area contributed by atoms with Crippen LogP contribution in [0.3, 0.4) is 0 Å². The van der Waals surface area contributed by atoms with Gasteiger partial charge in [0.15, 0.2) is 11.4 Å². The van der Waals surface area contributed by atoms with Gasteiger partial charge in [0.25, 0.3) is 5.91 Å². The molecular formula is C27H27NO8. The van der Waals surface area contributed by atoms with E-state index in [0.717, 1.165) is 11.1 Å². The molecule has 7 N–H and O–H groups in total. The highest BCUT2D eigenvalue weighted by molar-refractivity contribution is 6.22. The standard InChI is InChI=1S/C20H19NO7.C7H8O/c1-7-2-3-11(22)14-10(7)5-8-4-9-6-12(23)15(19(21)27)18(26)20(9,28)17(25)13(8)16(14)24;1-6-3-2-4-7(8)5-6/h2-3,8-9,22,24,26,28H,4-6H2,1H3,(H2,21,27);2-5,8H,1H3/t8-,9+,20+;/m1./s1. The van der Waals surface area contributed by atoms with Gasteiger partial charge in [0.2, 0.25) is 5.78 Å². The molecule has 9 nitrogen and oxygen atoms in total. The predicted octanol–water partition coefficient (Wildman–Crippen LogP) is 2.43. The second kappa shape index (κ2) is 8.83. The van der Waals surface area contributed by atoms with E-state index in [-0.39, 0.29) is 29.7 Å².